The fraction of sp³-hybridized carbons (Fsp3) is 0.286. The minimum atomic E-state index is -0.591. The molecular formula is C21H19Cl2FN4O3. The predicted octanol–water partition coefficient (Wildman–Crippen LogP) is 4.35. The Kier molecular flexibility index (Phi) is 6.58. The maximum atomic E-state index is 13.4. The zero-order chi connectivity index (χ0) is 21.8. The van der Waals surface area contributed by atoms with Crippen molar-refractivity contribution in [2.24, 2.45) is 0 Å². The minimum absolute atomic E-state index is 0.00472. The van der Waals surface area contributed by atoms with Crippen LogP contribution in [0.4, 0.5) is 10.4 Å². The fourth-order valence-electron chi connectivity index (χ4n) is 3.25. The molecule has 31 heavy (non-hydrogen) atoms. The predicted molar refractivity (Wildman–Crippen MR) is 115 cm³/mol. The molecule has 2 heterocycles. The van der Waals surface area contributed by atoms with Crippen LogP contribution in [0.3, 0.4) is 0 Å². The lowest BCUT2D eigenvalue weighted by atomic mass is 10.1. The Bertz CT molecular complexity index is 1050. The third kappa shape index (κ3) is 5.45. The number of hydrogen-bond acceptors (Lipinski definition) is 6. The van der Waals surface area contributed by atoms with Gasteiger partial charge in [-0.1, -0.05) is 28.3 Å². The van der Waals surface area contributed by atoms with E-state index in [0.29, 0.717) is 30.0 Å². The number of ether oxygens (including phenoxy) is 1. The van der Waals surface area contributed by atoms with Gasteiger partial charge in [0.15, 0.2) is 6.61 Å². The van der Waals surface area contributed by atoms with Gasteiger partial charge in [0.25, 0.3) is 5.91 Å². The average molecular weight is 465 g/mol. The van der Waals surface area contributed by atoms with Crippen LogP contribution in [-0.2, 0) is 4.79 Å². The van der Waals surface area contributed by atoms with E-state index in [1.807, 2.05) is 17.0 Å². The molecule has 0 saturated carbocycles. The minimum Gasteiger partial charge on any atom is -0.484 e. The van der Waals surface area contributed by atoms with E-state index in [2.05, 4.69) is 15.5 Å². The number of benzene rings is 2. The van der Waals surface area contributed by atoms with Crippen molar-refractivity contribution < 1.29 is 18.3 Å². The first-order valence-electron chi connectivity index (χ1n) is 9.69. The molecule has 7 nitrogen and oxygen atoms in total. The van der Waals surface area contributed by atoms with Crippen LogP contribution in [0.25, 0.3) is 11.5 Å². The second-order valence-electron chi connectivity index (χ2n) is 7.09. The van der Waals surface area contributed by atoms with Crippen molar-refractivity contribution >= 4 is 35.1 Å². The number of hydrogen-bond donors (Lipinski definition) is 1. The first-order valence-corrected chi connectivity index (χ1v) is 10.4. The lowest BCUT2D eigenvalue weighted by molar-refractivity contribution is -0.123. The first-order chi connectivity index (χ1) is 15.0. The lowest BCUT2D eigenvalue weighted by Gasteiger charge is -2.31. The Hall–Kier alpha value is -2.84. The molecule has 1 amide bonds. The van der Waals surface area contributed by atoms with Crippen molar-refractivity contribution in [1.82, 2.24) is 15.5 Å². The topological polar surface area (TPSA) is 80.5 Å². The summed E-state index contributed by atoms with van der Waals surface area (Å²) in [5.41, 5.74) is 0.797. The van der Waals surface area contributed by atoms with E-state index in [4.69, 9.17) is 32.4 Å². The molecule has 2 aromatic carbocycles. The Balaban J connectivity index is 1.24. The summed E-state index contributed by atoms with van der Waals surface area (Å²) in [7, 11) is 0. The van der Waals surface area contributed by atoms with Crippen molar-refractivity contribution in [3.8, 4) is 17.2 Å². The SMILES string of the molecule is O=C(COc1ccc(Cl)c(F)c1)NC1CCN(c2nnc(-c3ccc(Cl)cc3)o2)CC1. The van der Waals surface area contributed by atoms with Crippen LogP contribution in [0.15, 0.2) is 46.9 Å². The molecule has 0 unspecified atom stereocenters. The average Bonchev–Trinajstić information content (AvgIpc) is 3.26. The highest BCUT2D eigenvalue weighted by atomic mass is 35.5. The van der Waals surface area contributed by atoms with Gasteiger partial charge in [-0.2, -0.15) is 0 Å². The zero-order valence-corrected chi connectivity index (χ0v) is 17.9. The molecule has 1 N–H and O–H groups in total. The summed E-state index contributed by atoms with van der Waals surface area (Å²) in [5, 5.41) is 11.8. The highest BCUT2D eigenvalue weighted by Crippen LogP contribution is 2.25. The van der Waals surface area contributed by atoms with Gasteiger partial charge in [-0.3, -0.25) is 4.79 Å². The van der Waals surface area contributed by atoms with E-state index in [1.165, 1.54) is 12.1 Å². The molecule has 3 aromatic rings. The largest absolute Gasteiger partial charge is 0.484 e. The molecule has 0 bridgehead atoms. The van der Waals surface area contributed by atoms with Crippen molar-refractivity contribution in [2.45, 2.75) is 18.9 Å². The molecule has 0 spiro atoms. The van der Waals surface area contributed by atoms with E-state index in [0.717, 1.165) is 24.5 Å². The zero-order valence-electron chi connectivity index (χ0n) is 16.4. The number of nitrogens with zero attached hydrogens (tertiary/aromatic N) is 3. The van der Waals surface area contributed by atoms with Gasteiger partial charge in [-0.25, -0.2) is 4.39 Å². The van der Waals surface area contributed by atoms with Crippen molar-refractivity contribution in [2.75, 3.05) is 24.6 Å². The van der Waals surface area contributed by atoms with Gasteiger partial charge in [0.05, 0.1) is 5.02 Å². The number of amides is 1. The number of piperidine rings is 1. The van der Waals surface area contributed by atoms with E-state index < -0.39 is 5.82 Å². The van der Waals surface area contributed by atoms with Crippen LogP contribution >= 0.6 is 23.2 Å². The van der Waals surface area contributed by atoms with Crippen molar-refractivity contribution in [3.63, 3.8) is 0 Å². The molecule has 0 atom stereocenters. The number of carbonyl (C=O) groups excluding carboxylic acids is 1. The maximum Gasteiger partial charge on any atom is 0.318 e. The third-order valence-electron chi connectivity index (χ3n) is 4.90. The second kappa shape index (κ2) is 9.53. The van der Waals surface area contributed by atoms with E-state index in [9.17, 15) is 9.18 Å². The maximum absolute atomic E-state index is 13.4. The van der Waals surface area contributed by atoms with Crippen molar-refractivity contribution in [3.05, 3.63) is 58.3 Å². The molecule has 1 aromatic heterocycles. The summed E-state index contributed by atoms with van der Waals surface area (Å²) < 4.78 is 24.5. The molecule has 4 rings (SSSR count). The Morgan fingerprint density at radius 2 is 1.90 bits per heavy atom. The summed E-state index contributed by atoms with van der Waals surface area (Å²) in [4.78, 5) is 14.1. The Morgan fingerprint density at radius 1 is 1.16 bits per heavy atom. The highest BCUT2D eigenvalue weighted by Gasteiger charge is 2.24. The summed E-state index contributed by atoms with van der Waals surface area (Å²) in [6.45, 7) is 1.13. The normalized spacial score (nSPS) is 14.5. The first kappa shape index (κ1) is 21.4. The molecule has 0 radical (unpaired) electrons. The summed E-state index contributed by atoms with van der Waals surface area (Å²) >= 11 is 11.5. The molecule has 1 aliphatic rings. The number of nitrogens with one attached hydrogen (secondary N) is 1. The molecule has 1 aliphatic heterocycles. The molecule has 1 fully saturated rings. The van der Waals surface area contributed by atoms with Crippen LogP contribution in [0.1, 0.15) is 12.8 Å². The van der Waals surface area contributed by atoms with E-state index >= 15 is 0 Å². The molecule has 1 saturated heterocycles. The van der Waals surface area contributed by atoms with Gasteiger partial charge in [-0.15, -0.1) is 5.10 Å². The van der Waals surface area contributed by atoms with Gasteiger partial charge < -0.3 is 19.4 Å². The highest BCUT2D eigenvalue weighted by molar-refractivity contribution is 6.31. The smallest absolute Gasteiger partial charge is 0.318 e. The summed E-state index contributed by atoms with van der Waals surface area (Å²) in [6.07, 6.45) is 1.44. The summed E-state index contributed by atoms with van der Waals surface area (Å²) in [6, 6.07) is 11.7. The van der Waals surface area contributed by atoms with E-state index in [-0.39, 0.29) is 29.3 Å². The monoisotopic (exact) mass is 464 g/mol. The van der Waals surface area contributed by atoms with Crippen LogP contribution < -0.4 is 15.0 Å². The van der Waals surface area contributed by atoms with Crippen LogP contribution in [0.2, 0.25) is 10.0 Å². The van der Waals surface area contributed by atoms with Gasteiger partial charge in [0.1, 0.15) is 11.6 Å². The lowest BCUT2D eigenvalue weighted by Crippen LogP contribution is -2.46. The van der Waals surface area contributed by atoms with Crippen molar-refractivity contribution in [1.29, 1.82) is 0 Å². The fourth-order valence-corrected chi connectivity index (χ4v) is 3.50. The molecule has 10 heteroatoms. The van der Waals surface area contributed by atoms with Crippen LogP contribution in [0, 0.1) is 5.82 Å². The second-order valence-corrected chi connectivity index (χ2v) is 7.93. The number of carbonyl (C=O) groups is 1. The molecule has 162 valence electrons. The third-order valence-corrected chi connectivity index (χ3v) is 5.46. The summed E-state index contributed by atoms with van der Waals surface area (Å²) in [5.74, 6) is -0.179. The molecule has 0 aliphatic carbocycles. The van der Waals surface area contributed by atoms with Crippen LogP contribution in [-0.4, -0.2) is 41.8 Å². The van der Waals surface area contributed by atoms with Gasteiger partial charge in [-0.05, 0) is 49.2 Å². The van der Waals surface area contributed by atoms with Gasteiger partial charge in [0.2, 0.25) is 5.89 Å². The quantitative estimate of drug-likeness (QED) is 0.583. The number of halogens is 3. The van der Waals surface area contributed by atoms with E-state index in [1.54, 1.807) is 12.1 Å². The van der Waals surface area contributed by atoms with Crippen LogP contribution in [0.5, 0.6) is 5.75 Å². The number of anilines is 1. The number of rotatable bonds is 6. The van der Waals surface area contributed by atoms with Gasteiger partial charge in [0, 0.05) is 35.8 Å². The number of aromatic nitrogens is 2. The standard InChI is InChI=1S/C21H19Cl2FN4O3/c22-14-3-1-13(2-4-14)20-26-27-21(31-20)28-9-7-15(8-10-28)25-19(29)12-30-16-5-6-17(23)18(24)11-16/h1-6,11,15H,7-10,12H2,(H,25,29). The molecular weight excluding hydrogens is 446 g/mol. The Morgan fingerprint density at radius 3 is 2.61 bits per heavy atom. The Labute approximate surface area is 188 Å². The van der Waals surface area contributed by atoms with Gasteiger partial charge >= 0.3 is 6.01 Å².